The van der Waals surface area contributed by atoms with Crippen LogP contribution in [0.15, 0.2) is 24.3 Å². The summed E-state index contributed by atoms with van der Waals surface area (Å²) < 4.78 is 5.22. The Morgan fingerprint density at radius 3 is 2.53 bits per heavy atom. The van der Waals surface area contributed by atoms with Crippen LogP contribution in [0.5, 0.6) is 0 Å². The molecule has 1 aromatic carbocycles. The Hall–Kier alpha value is -1.84. The number of hydrogen-bond donors (Lipinski definition) is 2. The topological polar surface area (TPSA) is 62.2 Å². The standard InChI is InChI=1S/C15H22N2O2/c1-5-8-12(16)11-9-6-7-10-13(11)17-14(18)19-15(2,3)4/h6-7,9-10,16H,5,8H2,1-4H3,(H,17,18). The van der Waals surface area contributed by atoms with Crippen molar-refractivity contribution in [3.63, 3.8) is 0 Å². The summed E-state index contributed by atoms with van der Waals surface area (Å²) in [5.41, 5.74) is 1.36. The van der Waals surface area contributed by atoms with E-state index in [1.165, 1.54) is 0 Å². The molecule has 0 atom stereocenters. The lowest BCUT2D eigenvalue weighted by Crippen LogP contribution is -2.27. The first-order chi connectivity index (χ1) is 8.83. The van der Waals surface area contributed by atoms with Gasteiger partial charge in [0.25, 0.3) is 0 Å². The minimum Gasteiger partial charge on any atom is -0.444 e. The molecule has 0 fully saturated rings. The molecule has 2 N–H and O–H groups in total. The number of anilines is 1. The fourth-order valence-electron chi connectivity index (χ4n) is 1.65. The molecule has 0 aliphatic carbocycles. The van der Waals surface area contributed by atoms with Crippen molar-refractivity contribution in [2.75, 3.05) is 5.32 Å². The Morgan fingerprint density at radius 2 is 1.95 bits per heavy atom. The van der Waals surface area contributed by atoms with Gasteiger partial charge in [0.2, 0.25) is 0 Å². The van der Waals surface area contributed by atoms with Crippen molar-refractivity contribution < 1.29 is 9.53 Å². The first kappa shape index (κ1) is 15.2. The third kappa shape index (κ3) is 5.12. The normalized spacial score (nSPS) is 10.9. The monoisotopic (exact) mass is 262 g/mol. The summed E-state index contributed by atoms with van der Waals surface area (Å²) >= 11 is 0. The number of para-hydroxylation sites is 1. The van der Waals surface area contributed by atoms with Crippen LogP contribution in [0.3, 0.4) is 0 Å². The number of ether oxygens (including phenoxy) is 1. The number of carbonyl (C=O) groups excluding carboxylic acids is 1. The van der Waals surface area contributed by atoms with Crippen LogP contribution in [-0.2, 0) is 4.74 Å². The van der Waals surface area contributed by atoms with E-state index in [1.54, 1.807) is 6.07 Å². The van der Waals surface area contributed by atoms with Crippen LogP contribution in [-0.4, -0.2) is 17.4 Å². The number of benzene rings is 1. The zero-order chi connectivity index (χ0) is 14.5. The highest BCUT2D eigenvalue weighted by Crippen LogP contribution is 2.19. The summed E-state index contributed by atoms with van der Waals surface area (Å²) in [7, 11) is 0. The van der Waals surface area contributed by atoms with E-state index in [0.717, 1.165) is 12.0 Å². The third-order valence-electron chi connectivity index (χ3n) is 2.39. The minimum atomic E-state index is -0.532. The summed E-state index contributed by atoms with van der Waals surface area (Å²) in [6.07, 6.45) is 1.09. The van der Waals surface area contributed by atoms with Gasteiger partial charge in [0, 0.05) is 11.3 Å². The Bertz CT molecular complexity index is 461. The van der Waals surface area contributed by atoms with Crippen molar-refractivity contribution in [2.24, 2.45) is 0 Å². The third-order valence-corrected chi connectivity index (χ3v) is 2.39. The van der Waals surface area contributed by atoms with Crippen molar-refractivity contribution >= 4 is 17.5 Å². The summed E-state index contributed by atoms with van der Waals surface area (Å²) in [4.78, 5) is 11.8. The molecule has 1 aromatic rings. The highest BCUT2D eigenvalue weighted by Gasteiger charge is 2.17. The molecule has 0 spiro atoms. The smallest absolute Gasteiger partial charge is 0.412 e. The highest BCUT2D eigenvalue weighted by atomic mass is 16.6. The Morgan fingerprint density at radius 1 is 1.32 bits per heavy atom. The van der Waals surface area contributed by atoms with E-state index in [2.05, 4.69) is 5.32 Å². The molecule has 0 saturated carbocycles. The van der Waals surface area contributed by atoms with Gasteiger partial charge in [-0.2, -0.15) is 0 Å². The maximum absolute atomic E-state index is 11.8. The van der Waals surface area contributed by atoms with Crippen LogP contribution in [0.25, 0.3) is 0 Å². The molecular formula is C15H22N2O2. The second kappa shape index (κ2) is 6.36. The molecular weight excluding hydrogens is 240 g/mol. The van der Waals surface area contributed by atoms with E-state index >= 15 is 0 Å². The van der Waals surface area contributed by atoms with Crippen LogP contribution >= 0.6 is 0 Å². The first-order valence-electron chi connectivity index (χ1n) is 6.50. The fourth-order valence-corrected chi connectivity index (χ4v) is 1.65. The van der Waals surface area contributed by atoms with E-state index in [9.17, 15) is 4.79 Å². The van der Waals surface area contributed by atoms with Gasteiger partial charge in [0.15, 0.2) is 0 Å². The van der Waals surface area contributed by atoms with E-state index < -0.39 is 11.7 Å². The molecule has 0 aliphatic heterocycles. The maximum Gasteiger partial charge on any atom is 0.412 e. The van der Waals surface area contributed by atoms with Crippen molar-refractivity contribution in [2.45, 2.75) is 46.1 Å². The first-order valence-corrected chi connectivity index (χ1v) is 6.50. The predicted octanol–water partition coefficient (Wildman–Crippen LogP) is 4.20. The zero-order valence-electron chi connectivity index (χ0n) is 12.0. The number of rotatable bonds is 4. The van der Waals surface area contributed by atoms with Crippen LogP contribution in [0.1, 0.15) is 46.1 Å². The zero-order valence-corrected chi connectivity index (χ0v) is 12.0. The van der Waals surface area contributed by atoms with Crippen molar-refractivity contribution in [3.8, 4) is 0 Å². The van der Waals surface area contributed by atoms with E-state index in [0.29, 0.717) is 17.8 Å². The van der Waals surface area contributed by atoms with Crippen LogP contribution in [0.4, 0.5) is 10.5 Å². The van der Waals surface area contributed by atoms with Crippen LogP contribution < -0.4 is 5.32 Å². The lowest BCUT2D eigenvalue weighted by Gasteiger charge is -2.20. The summed E-state index contributed by atoms with van der Waals surface area (Å²) in [6.45, 7) is 7.48. The maximum atomic E-state index is 11.8. The Labute approximate surface area is 114 Å². The highest BCUT2D eigenvalue weighted by molar-refractivity contribution is 6.05. The van der Waals surface area contributed by atoms with Crippen molar-refractivity contribution in [3.05, 3.63) is 29.8 Å². The Kier molecular flexibility index (Phi) is 5.10. The molecule has 104 valence electrons. The van der Waals surface area contributed by atoms with Gasteiger partial charge >= 0.3 is 6.09 Å². The number of carbonyl (C=O) groups is 1. The lowest BCUT2D eigenvalue weighted by molar-refractivity contribution is 0.0636. The minimum absolute atomic E-state index is 0.496. The number of hydrogen-bond acceptors (Lipinski definition) is 3. The molecule has 1 rings (SSSR count). The molecule has 0 unspecified atom stereocenters. The summed E-state index contributed by atoms with van der Waals surface area (Å²) in [5, 5.41) is 10.7. The molecule has 1 amide bonds. The van der Waals surface area contributed by atoms with Gasteiger partial charge < -0.3 is 10.1 Å². The molecule has 19 heavy (non-hydrogen) atoms. The van der Waals surface area contributed by atoms with Gasteiger partial charge in [0.05, 0.1) is 5.69 Å². The second-order valence-electron chi connectivity index (χ2n) is 5.40. The summed E-state index contributed by atoms with van der Waals surface area (Å²) in [5.74, 6) is 0. The molecule has 0 radical (unpaired) electrons. The lowest BCUT2D eigenvalue weighted by atomic mass is 10.0. The fraction of sp³-hybridized carbons (Fsp3) is 0.467. The summed E-state index contributed by atoms with van der Waals surface area (Å²) in [6, 6.07) is 7.31. The predicted molar refractivity (Wildman–Crippen MR) is 78.0 cm³/mol. The average Bonchev–Trinajstić information content (AvgIpc) is 2.27. The van der Waals surface area contributed by atoms with Crippen LogP contribution in [0, 0.1) is 5.41 Å². The van der Waals surface area contributed by atoms with Gasteiger partial charge in [-0.05, 0) is 33.3 Å². The van der Waals surface area contributed by atoms with E-state index in [4.69, 9.17) is 10.1 Å². The van der Waals surface area contributed by atoms with Crippen LogP contribution in [0.2, 0.25) is 0 Å². The van der Waals surface area contributed by atoms with Gasteiger partial charge in [0.1, 0.15) is 5.60 Å². The molecule has 0 aromatic heterocycles. The second-order valence-corrected chi connectivity index (χ2v) is 5.40. The van der Waals surface area contributed by atoms with Gasteiger partial charge in [-0.3, -0.25) is 5.32 Å². The Balaban J connectivity index is 2.84. The molecule has 4 heteroatoms. The van der Waals surface area contributed by atoms with Gasteiger partial charge in [-0.15, -0.1) is 0 Å². The van der Waals surface area contributed by atoms with Gasteiger partial charge in [-0.1, -0.05) is 31.5 Å². The number of nitrogens with one attached hydrogen (secondary N) is 2. The molecule has 0 aliphatic rings. The molecule has 0 bridgehead atoms. The van der Waals surface area contributed by atoms with Crippen molar-refractivity contribution in [1.29, 1.82) is 5.41 Å². The average molecular weight is 262 g/mol. The number of amides is 1. The van der Waals surface area contributed by atoms with Gasteiger partial charge in [-0.25, -0.2) is 4.79 Å². The SMILES string of the molecule is CCCC(=N)c1ccccc1NC(=O)OC(C)(C)C. The van der Waals surface area contributed by atoms with Crippen molar-refractivity contribution in [1.82, 2.24) is 0 Å². The quantitative estimate of drug-likeness (QED) is 0.799. The largest absolute Gasteiger partial charge is 0.444 e. The van der Waals surface area contributed by atoms with E-state index in [-0.39, 0.29) is 0 Å². The molecule has 0 saturated heterocycles. The van der Waals surface area contributed by atoms with E-state index in [1.807, 2.05) is 45.9 Å². The molecule has 0 heterocycles. The molecule has 4 nitrogen and oxygen atoms in total.